The lowest BCUT2D eigenvalue weighted by Crippen LogP contribution is -2.23. The monoisotopic (exact) mass is 324 g/mol. The number of aromatic nitrogens is 1. The fraction of sp³-hybridized carbons (Fsp3) is 0. The van der Waals surface area contributed by atoms with E-state index in [0.29, 0.717) is 11.4 Å². The normalized spacial score (nSPS) is 10.8. The fourth-order valence-corrected chi connectivity index (χ4v) is 2.21. The van der Waals surface area contributed by atoms with Gasteiger partial charge in [0.1, 0.15) is 5.82 Å². The maximum Gasteiger partial charge on any atom is 0.191 e. The Balaban J connectivity index is 1.62. The molecule has 0 fully saturated rings. The van der Waals surface area contributed by atoms with Crippen molar-refractivity contribution >= 4 is 40.1 Å². The average Bonchev–Trinajstić information content (AvgIpc) is 2.55. The molecule has 114 valence electrons. The van der Waals surface area contributed by atoms with Crippen LogP contribution in [0.2, 0.25) is 0 Å². The van der Waals surface area contributed by atoms with Crippen molar-refractivity contribution in [2.75, 3.05) is 5.32 Å². The quantitative estimate of drug-likeness (QED) is 0.438. The Kier molecular flexibility index (Phi) is 4.54. The minimum absolute atomic E-state index is 0.271. The topological polar surface area (TPSA) is 49.3 Å². The highest BCUT2D eigenvalue weighted by Gasteiger charge is 1.98. The van der Waals surface area contributed by atoms with E-state index in [-0.39, 0.29) is 10.9 Å². The van der Waals surface area contributed by atoms with Gasteiger partial charge in [0, 0.05) is 11.1 Å². The highest BCUT2D eigenvalue weighted by Crippen LogP contribution is 2.11. The minimum atomic E-state index is -0.332. The van der Waals surface area contributed by atoms with E-state index in [1.54, 1.807) is 18.3 Å². The van der Waals surface area contributed by atoms with E-state index < -0.39 is 0 Å². The molecule has 3 rings (SSSR count). The summed E-state index contributed by atoms with van der Waals surface area (Å²) in [5.74, 6) is -0.332. The molecule has 0 aliphatic rings. The van der Waals surface area contributed by atoms with Crippen molar-refractivity contribution in [3.05, 3.63) is 72.2 Å². The lowest BCUT2D eigenvalue weighted by Gasteiger charge is -2.06. The van der Waals surface area contributed by atoms with Gasteiger partial charge in [-0.3, -0.25) is 5.43 Å². The molecule has 0 amide bonds. The SMILES string of the molecule is Fc1cccc(NC(=S)N/N=C/c2ccc3ccccc3n2)c1. The zero-order chi connectivity index (χ0) is 16.1. The van der Waals surface area contributed by atoms with Gasteiger partial charge in [0.2, 0.25) is 0 Å². The van der Waals surface area contributed by atoms with Gasteiger partial charge in [0.05, 0.1) is 17.4 Å². The summed E-state index contributed by atoms with van der Waals surface area (Å²) in [5.41, 5.74) is 4.84. The first kappa shape index (κ1) is 15.1. The van der Waals surface area contributed by atoms with Crippen LogP contribution in [0.3, 0.4) is 0 Å². The number of anilines is 1. The summed E-state index contributed by atoms with van der Waals surface area (Å²) < 4.78 is 13.1. The lowest BCUT2D eigenvalue weighted by molar-refractivity contribution is 0.628. The minimum Gasteiger partial charge on any atom is -0.331 e. The highest BCUT2D eigenvalue weighted by molar-refractivity contribution is 7.80. The summed E-state index contributed by atoms with van der Waals surface area (Å²) >= 11 is 5.09. The Morgan fingerprint density at radius 1 is 1.09 bits per heavy atom. The molecule has 2 aromatic carbocycles. The first-order valence-electron chi connectivity index (χ1n) is 6.92. The van der Waals surface area contributed by atoms with Crippen LogP contribution in [-0.2, 0) is 0 Å². The molecule has 3 aromatic rings. The van der Waals surface area contributed by atoms with Gasteiger partial charge in [-0.05, 0) is 42.5 Å². The molecule has 0 unspecified atom stereocenters. The van der Waals surface area contributed by atoms with Crippen LogP contribution < -0.4 is 10.7 Å². The van der Waals surface area contributed by atoms with Gasteiger partial charge >= 0.3 is 0 Å². The van der Waals surface area contributed by atoms with Crippen LogP contribution >= 0.6 is 12.2 Å². The number of fused-ring (bicyclic) bond motifs is 1. The molecule has 2 N–H and O–H groups in total. The van der Waals surface area contributed by atoms with Crippen molar-refractivity contribution in [2.24, 2.45) is 5.10 Å². The van der Waals surface area contributed by atoms with Crippen molar-refractivity contribution in [2.45, 2.75) is 0 Å². The number of benzene rings is 2. The van der Waals surface area contributed by atoms with E-state index >= 15 is 0 Å². The van der Waals surface area contributed by atoms with E-state index in [1.807, 2.05) is 36.4 Å². The predicted octanol–water partition coefficient (Wildman–Crippen LogP) is 3.69. The smallest absolute Gasteiger partial charge is 0.191 e. The molecule has 6 heteroatoms. The zero-order valence-electron chi connectivity index (χ0n) is 12.0. The average molecular weight is 324 g/mol. The third-order valence-corrected chi connectivity index (χ3v) is 3.26. The Morgan fingerprint density at radius 2 is 1.96 bits per heavy atom. The zero-order valence-corrected chi connectivity index (χ0v) is 12.8. The molecule has 1 heterocycles. The van der Waals surface area contributed by atoms with E-state index in [2.05, 4.69) is 20.8 Å². The van der Waals surface area contributed by atoms with E-state index in [9.17, 15) is 4.39 Å². The molecular formula is C17H13FN4S. The highest BCUT2D eigenvalue weighted by atomic mass is 32.1. The molecule has 0 radical (unpaired) electrons. The number of halogens is 1. The van der Waals surface area contributed by atoms with Gasteiger partial charge in [-0.2, -0.15) is 5.10 Å². The van der Waals surface area contributed by atoms with Gasteiger partial charge in [0.25, 0.3) is 0 Å². The molecule has 23 heavy (non-hydrogen) atoms. The van der Waals surface area contributed by atoms with Crippen molar-refractivity contribution in [3.63, 3.8) is 0 Å². The molecule has 0 spiro atoms. The van der Waals surface area contributed by atoms with Crippen LogP contribution in [0.4, 0.5) is 10.1 Å². The number of nitrogens with zero attached hydrogens (tertiary/aromatic N) is 2. The van der Waals surface area contributed by atoms with E-state index in [0.717, 1.165) is 10.9 Å². The second-order valence-electron chi connectivity index (χ2n) is 4.76. The first-order valence-corrected chi connectivity index (χ1v) is 7.33. The second-order valence-corrected chi connectivity index (χ2v) is 5.17. The van der Waals surface area contributed by atoms with Crippen molar-refractivity contribution < 1.29 is 4.39 Å². The first-order chi connectivity index (χ1) is 11.2. The van der Waals surface area contributed by atoms with Gasteiger partial charge in [-0.25, -0.2) is 9.37 Å². The number of pyridine rings is 1. The third kappa shape index (κ3) is 4.08. The van der Waals surface area contributed by atoms with Gasteiger partial charge in [-0.15, -0.1) is 0 Å². The number of hydrogen-bond donors (Lipinski definition) is 2. The van der Waals surface area contributed by atoms with Gasteiger partial charge in [0.15, 0.2) is 5.11 Å². The summed E-state index contributed by atoms with van der Waals surface area (Å²) in [6.45, 7) is 0. The Morgan fingerprint density at radius 3 is 2.83 bits per heavy atom. The number of nitrogens with one attached hydrogen (secondary N) is 2. The standard InChI is InChI=1S/C17H13FN4S/c18-13-5-3-6-14(10-13)21-17(23)22-19-11-15-9-8-12-4-1-2-7-16(12)20-15/h1-11H,(H2,21,22,23)/b19-11+. The molecule has 0 saturated heterocycles. The predicted molar refractivity (Wildman–Crippen MR) is 95.1 cm³/mol. The van der Waals surface area contributed by atoms with E-state index in [1.165, 1.54) is 12.1 Å². The fourth-order valence-electron chi connectivity index (χ4n) is 2.04. The maximum atomic E-state index is 13.1. The third-order valence-electron chi connectivity index (χ3n) is 3.07. The maximum absolute atomic E-state index is 13.1. The van der Waals surface area contributed by atoms with E-state index in [4.69, 9.17) is 12.2 Å². The lowest BCUT2D eigenvalue weighted by atomic mass is 10.2. The summed E-state index contributed by atoms with van der Waals surface area (Å²) in [4.78, 5) is 4.47. The Hall–Kier alpha value is -2.86. The molecule has 0 atom stereocenters. The van der Waals surface area contributed by atoms with Gasteiger partial charge < -0.3 is 5.32 Å². The van der Waals surface area contributed by atoms with Crippen molar-refractivity contribution in [1.29, 1.82) is 0 Å². The molecule has 1 aromatic heterocycles. The summed E-state index contributed by atoms with van der Waals surface area (Å²) in [6.07, 6.45) is 1.58. The number of hydrazone groups is 1. The van der Waals surface area contributed by atoms with Crippen molar-refractivity contribution in [1.82, 2.24) is 10.4 Å². The van der Waals surface area contributed by atoms with Crippen LogP contribution in [0.15, 0.2) is 65.8 Å². The summed E-state index contributed by atoms with van der Waals surface area (Å²) in [7, 11) is 0. The molecule has 0 saturated carbocycles. The number of thiocarbonyl (C=S) groups is 1. The number of hydrogen-bond acceptors (Lipinski definition) is 3. The Labute approximate surface area is 138 Å². The molecule has 0 aliphatic heterocycles. The molecular weight excluding hydrogens is 311 g/mol. The molecule has 0 aliphatic carbocycles. The molecule has 0 bridgehead atoms. The van der Waals surface area contributed by atoms with Gasteiger partial charge in [-0.1, -0.05) is 30.3 Å². The largest absolute Gasteiger partial charge is 0.331 e. The second kappa shape index (κ2) is 6.93. The number of para-hydroxylation sites is 1. The van der Waals surface area contributed by atoms with Crippen LogP contribution in [0.1, 0.15) is 5.69 Å². The Bertz CT molecular complexity index is 879. The van der Waals surface area contributed by atoms with Crippen LogP contribution in [0, 0.1) is 5.82 Å². The van der Waals surface area contributed by atoms with Crippen LogP contribution in [0.5, 0.6) is 0 Å². The van der Waals surface area contributed by atoms with Crippen LogP contribution in [0.25, 0.3) is 10.9 Å². The summed E-state index contributed by atoms with van der Waals surface area (Å²) in [5, 5.41) is 8.22. The van der Waals surface area contributed by atoms with Crippen molar-refractivity contribution in [3.8, 4) is 0 Å². The summed E-state index contributed by atoms with van der Waals surface area (Å²) in [6, 6.07) is 17.7. The van der Waals surface area contributed by atoms with Crippen LogP contribution in [-0.4, -0.2) is 16.3 Å². The molecule has 4 nitrogen and oxygen atoms in total. The number of rotatable bonds is 3.